The Balaban J connectivity index is 1.65. The Hall–Kier alpha value is -2.97. The summed E-state index contributed by atoms with van der Waals surface area (Å²) in [6.07, 6.45) is 0.761. The molecular formula is C15H17N5O4. The summed E-state index contributed by atoms with van der Waals surface area (Å²) in [6.45, 7) is 0.403. The van der Waals surface area contributed by atoms with Crippen LogP contribution in [0.4, 0.5) is 4.79 Å². The Morgan fingerprint density at radius 3 is 2.83 bits per heavy atom. The van der Waals surface area contributed by atoms with E-state index < -0.39 is 18.1 Å². The van der Waals surface area contributed by atoms with Crippen LogP contribution in [0.2, 0.25) is 0 Å². The van der Waals surface area contributed by atoms with Gasteiger partial charge in [0, 0.05) is 6.54 Å². The first-order valence-electron chi connectivity index (χ1n) is 7.54. The van der Waals surface area contributed by atoms with Crippen LogP contribution in [0.3, 0.4) is 0 Å². The zero-order chi connectivity index (χ0) is 16.9. The molecule has 126 valence electrons. The van der Waals surface area contributed by atoms with Gasteiger partial charge in [0.05, 0.1) is 12.8 Å². The summed E-state index contributed by atoms with van der Waals surface area (Å²) in [5.74, 6) is -0.0855. The van der Waals surface area contributed by atoms with Crippen molar-refractivity contribution in [3.63, 3.8) is 0 Å². The third-order valence-electron chi connectivity index (χ3n) is 3.81. The maximum absolute atomic E-state index is 12.3. The maximum Gasteiger partial charge on any atom is 0.410 e. The van der Waals surface area contributed by atoms with Gasteiger partial charge in [-0.25, -0.2) is 9.59 Å². The summed E-state index contributed by atoms with van der Waals surface area (Å²) in [6, 6.07) is 8.67. The number of tetrazole rings is 1. The lowest BCUT2D eigenvalue weighted by atomic mass is 10.2. The molecular weight excluding hydrogens is 314 g/mol. The molecule has 1 atom stereocenters. The topological polar surface area (TPSA) is 99.4 Å². The number of esters is 1. The van der Waals surface area contributed by atoms with Gasteiger partial charge in [-0.2, -0.15) is 4.68 Å². The maximum atomic E-state index is 12.3. The van der Waals surface area contributed by atoms with Gasteiger partial charge in [-0.1, -0.05) is 18.2 Å². The normalized spacial score (nSPS) is 16.9. The standard InChI is InChI=1S/C15H17N5O4/c1-23-15(22)19-9-5-8-12(19)14(21)24-10-13-16-17-18-20(13)11-6-3-2-4-7-11/h2-4,6-7,12H,5,8-10H2,1H3/t12-/m1/s1. The van der Waals surface area contributed by atoms with Gasteiger partial charge in [0.25, 0.3) is 0 Å². The van der Waals surface area contributed by atoms with Crippen molar-refractivity contribution >= 4 is 12.1 Å². The lowest BCUT2D eigenvalue weighted by molar-refractivity contribution is -0.150. The fourth-order valence-corrected chi connectivity index (χ4v) is 2.64. The number of amides is 1. The Bertz CT molecular complexity index is 718. The third kappa shape index (κ3) is 3.19. The molecule has 0 unspecified atom stereocenters. The van der Waals surface area contributed by atoms with Gasteiger partial charge in [0.15, 0.2) is 12.4 Å². The number of nitrogens with zero attached hydrogens (tertiary/aromatic N) is 5. The van der Waals surface area contributed by atoms with Gasteiger partial charge in [-0.05, 0) is 35.4 Å². The number of hydrogen-bond donors (Lipinski definition) is 0. The smallest absolute Gasteiger partial charge is 0.410 e. The number of carbonyl (C=O) groups excluding carboxylic acids is 2. The van der Waals surface area contributed by atoms with E-state index in [4.69, 9.17) is 4.74 Å². The van der Waals surface area contributed by atoms with Crippen molar-refractivity contribution in [1.29, 1.82) is 0 Å². The Morgan fingerprint density at radius 2 is 2.08 bits per heavy atom. The zero-order valence-corrected chi connectivity index (χ0v) is 13.2. The number of benzene rings is 1. The molecule has 24 heavy (non-hydrogen) atoms. The van der Waals surface area contributed by atoms with Crippen molar-refractivity contribution in [3.05, 3.63) is 36.2 Å². The molecule has 1 aliphatic heterocycles. The highest BCUT2D eigenvalue weighted by Gasteiger charge is 2.36. The van der Waals surface area contributed by atoms with Crippen molar-refractivity contribution in [2.24, 2.45) is 0 Å². The second kappa shape index (κ2) is 7.07. The summed E-state index contributed by atoms with van der Waals surface area (Å²) in [5, 5.41) is 11.4. The van der Waals surface area contributed by atoms with Crippen LogP contribution in [0.25, 0.3) is 5.69 Å². The molecule has 0 bridgehead atoms. The molecule has 0 saturated carbocycles. The van der Waals surface area contributed by atoms with Crippen LogP contribution in [-0.4, -0.2) is 56.9 Å². The Morgan fingerprint density at radius 1 is 1.29 bits per heavy atom. The molecule has 9 heteroatoms. The van der Waals surface area contributed by atoms with Crippen LogP contribution in [0.5, 0.6) is 0 Å². The van der Waals surface area contributed by atoms with E-state index in [1.165, 1.54) is 16.7 Å². The van der Waals surface area contributed by atoms with Crippen LogP contribution in [0.15, 0.2) is 30.3 Å². The lowest BCUT2D eigenvalue weighted by Crippen LogP contribution is -2.41. The van der Waals surface area contributed by atoms with E-state index in [1.807, 2.05) is 30.3 Å². The summed E-state index contributed by atoms with van der Waals surface area (Å²) in [7, 11) is 1.29. The SMILES string of the molecule is COC(=O)N1CCC[C@@H]1C(=O)OCc1nnnn1-c1ccccc1. The number of rotatable bonds is 4. The first-order chi connectivity index (χ1) is 11.7. The van der Waals surface area contributed by atoms with Crippen LogP contribution < -0.4 is 0 Å². The van der Waals surface area contributed by atoms with Crippen molar-refractivity contribution in [3.8, 4) is 5.69 Å². The van der Waals surface area contributed by atoms with Gasteiger partial charge >= 0.3 is 12.1 Å². The van der Waals surface area contributed by atoms with E-state index in [-0.39, 0.29) is 6.61 Å². The molecule has 1 aromatic heterocycles. The van der Waals surface area contributed by atoms with E-state index in [2.05, 4.69) is 20.3 Å². The number of ether oxygens (including phenoxy) is 2. The number of para-hydroxylation sites is 1. The second-order valence-corrected chi connectivity index (χ2v) is 5.27. The highest BCUT2D eigenvalue weighted by molar-refractivity contribution is 5.82. The van der Waals surface area contributed by atoms with E-state index in [1.54, 1.807) is 0 Å². The van der Waals surface area contributed by atoms with E-state index >= 15 is 0 Å². The predicted octanol–water partition coefficient (Wildman–Crippen LogP) is 0.936. The van der Waals surface area contributed by atoms with Gasteiger partial charge in [-0.3, -0.25) is 4.90 Å². The minimum Gasteiger partial charge on any atom is -0.456 e. The fraction of sp³-hybridized carbons (Fsp3) is 0.400. The monoisotopic (exact) mass is 331 g/mol. The minimum absolute atomic E-state index is 0.0771. The predicted molar refractivity (Wildman–Crippen MR) is 81.1 cm³/mol. The highest BCUT2D eigenvalue weighted by atomic mass is 16.6. The number of carbonyl (C=O) groups is 2. The molecule has 0 spiro atoms. The molecule has 1 amide bonds. The summed E-state index contributed by atoms with van der Waals surface area (Å²) < 4.78 is 11.5. The van der Waals surface area contributed by atoms with Crippen LogP contribution in [0.1, 0.15) is 18.7 Å². The fourth-order valence-electron chi connectivity index (χ4n) is 2.64. The molecule has 0 aliphatic carbocycles. The largest absolute Gasteiger partial charge is 0.456 e. The zero-order valence-electron chi connectivity index (χ0n) is 13.2. The van der Waals surface area contributed by atoms with Gasteiger partial charge < -0.3 is 9.47 Å². The molecule has 1 saturated heterocycles. The quantitative estimate of drug-likeness (QED) is 0.769. The summed E-state index contributed by atoms with van der Waals surface area (Å²) >= 11 is 0. The molecule has 2 heterocycles. The Labute approximate surface area is 138 Å². The molecule has 0 N–H and O–H groups in total. The summed E-state index contributed by atoms with van der Waals surface area (Å²) in [5.41, 5.74) is 0.769. The third-order valence-corrected chi connectivity index (χ3v) is 3.81. The van der Waals surface area contributed by atoms with Crippen molar-refractivity contribution in [2.45, 2.75) is 25.5 Å². The molecule has 1 aliphatic rings. The number of methoxy groups -OCH3 is 1. The van der Waals surface area contributed by atoms with Crippen molar-refractivity contribution in [1.82, 2.24) is 25.1 Å². The first kappa shape index (κ1) is 15.9. The van der Waals surface area contributed by atoms with Gasteiger partial charge in [0.2, 0.25) is 0 Å². The average molecular weight is 331 g/mol. The molecule has 3 rings (SSSR count). The number of aromatic nitrogens is 4. The number of likely N-dealkylation sites (tertiary alicyclic amines) is 1. The lowest BCUT2D eigenvalue weighted by Gasteiger charge is -2.21. The second-order valence-electron chi connectivity index (χ2n) is 5.27. The van der Waals surface area contributed by atoms with Crippen LogP contribution in [0, 0.1) is 0 Å². The van der Waals surface area contributed by atoms with Gasteiger partial charge in [0.1, 0.15) is 6.04 Å². The van der Waals surface area contributed by atoms with Crippen LogP contribution in [-0.2, 0) is 20.9 Å². The number of hydrogen-bond acceptors (Lipinski definition) is 7. The molecule has 1 aromatic carbocycles. The summed E-state index contributed by atoms with van der Waals surface area (Å²) in [4.78, 5) is 25.3. The first-order valence-corrected chi connectivity index (χ1v) is 7.54. The van der Waals surface area contributed by atoms with Gasteiger partial charge in [-0.15, -0.1) is 5.10 Å². The Kier molecular flexibility index (Phi) is 4.69. The van der Waals surface area contributed by atoms with E-state index in [9.17, 15) is 9.59 Å². The van der Waals surface area contributed by atoms with E-state index in [0.29, 0.717) is 18.8 Å². The molecule has 0 radical (unpaired) electrons. The van der Waals surface area contributed by atoms with Crippen LogP contribution >= 0.6 is 0 Å². The van der Waals surface area contributed by atoms with E-state index in [0.717, 1.165) is 12.1 Å². The van der Waals surface area contributed by atoms with Crippen molar-refractivity contribution < 1.29 is 19.1 Å². The highest BCUT2D eigenvalue weighted by Crippen LogP contribution is 2.20. The minimum atomic E-state index is -0.626. The molecule has 9 nitrogen and oxygen atoms in total. The molecule has 2 aromatic rings. The average Bonchev–Trinajstić information content (AvgIpc) is 3.29. The van der Waals surface area contributed by atoms with Crippen molar-refractivity contribution in [2.75, 3.05) is 13.7 Å². The molecule has 1 fully saturated rings.